The van der Waals surface area contributed by atoms with Crippen LogP contribution in [0.25, 0.3) is 5.69 Å². The Balaban J connectivity index is 1.96. The Morgan fingerprint density at radius 1 is 1.09 bits per heavy atom. The van der Waals surface area contributed by atoms with Crippen molar-refractivity contribution in [3.8, 4) is 11.4 Å². The first-order valence-electron chi connectivity index (χ1n) is 9.53. The summed E-state index contributed by atoms with van der Waals surface area (Å²) in [5, 5.41) is 16.9. The van der Waals surface area contributed by atoms with Gasteiger partial charge in [-0.1, -0.05) is 6.07 Å². The number of alkyl halides is 3. The van der Waals surface area contributed by atoms with Gasteiger partial charge in [-0.25, -0.2) is 0 Å². The lowest BCUT2D eigenvalue weighted by Crippen LogP contribution is -2.27. The average molecular weight is 460 g/mol. The van der Waals surface area contributed by atoms with Gasteiger partial charge in [0.1, 0.15) is 0 Å². The largest absolute Gasteiger partial charge is 0.505 e. The SMILES string of the molecule is Cc1cc(=O)n(-c2ccc(C(F)(F)F)cc2)nc1C(=O)Nc1cccc(C(=O)N(C)C)c1O. The van der Waals surface area contributed by atoms with Crippen molar-refractivity contribution >= 4 is 17.5 Å². The summed E-state index contributed by atoms with van der Waals surface area (Å²) in [4.78, 5) is 38.6. The number of carbonyl (C=O) groups is 2. The summed E-state index contributed by atoms with van der Waals surface area (Å²) >= 11 is 0. The van der Waals surface area contributed by atoms with E-state index in [0.29, 0.717) is 0 Å². The minimum Gasteiger partial charge on any atom is -0.505 e. The smallest absolute Gasteiger partial charge is 0.416 e. The van der Waals surface area contributed by atoms with Crippen LogP contribution in [0.3, 0.4) is 0 Å². The highest BCUT2D eigenvalue weighted by molar-refractivity contribution is 6.06. The number of phenolic OH excluding ortho intramolecular Hbond substituents is 1. The first-order valence-corrected chi connectivity index (χ1v) is 9.53. The fourth-order valence-corrected chi connectivity index (χ4v) is 2.98. The van der Waals surface area contributed by atoms with Gasteiger partial charge in [-0.2, -0.15) is 23.0 Å². The van der Waals surface area contributed by atoms with E-state index >= 15 is 0 Å². The van der Waals surface area contributed by atoms with Crippen molar-refractivity contribution < 1.29 is 27.9 Å². The van der Waals surface area contributed by atoms with Crippen molar-refractivity contribution in [1.29, 1.82) is 0 Å². The third-order valence-electron chi connectivity index (χ3n) is 4.70. The van der Waals surface area contributed by atoms with E-state index in [1.807, 2.05) is 0 Å². The molecular weight excluding hydrogens is 441 g/mol. The number of benzene rings is 2. The molecule has 1 heterocycles. The Kier molecular flexibility index (Phi) is 6.25. The summed E-state index contributed by atoms with van der Waals surface area (Å²) < 4.78 is 39.2. The molecule has 0 saturated heterocycles. The molecule has 0 saturated carbocycles. The summed E-state index contributed by atoms with van der Waals surface area (Å²) in [5.41, 5.74) is -1.59. The fraction of sp³-hybridized carbons (Fsp3) is 0.182. The number of phenols is 1. The third-order valence-corrected chi connectivity index (χ3v) is 4.70. The number of aromatic hydroxyl groups is 1. The summed E-state index contributed by atoms with van der Waals surface area (Å²) in [6.45, 7) is 1.46. The van der Waals surface area contributed by atoms with Crippen molar-refractivity contribution in [2.24, 2.45) is 0 Å². The normalized spacial score (nSPS) is 11.2. The molecule has 0 atom stereocenters. The maximum absolute atomic E-state index is 12.8. The minimum atomic E-state index is -4.54. The summed E-state index contributed by atoms with van der Waals surface area (Å²) in [6, 6.07) is 9.08. The Morgan fingerprint density at radius 3 is 2.30 bits per heavy atom. The zero-order valence-electron chi connectivity index (χ0n) is 17.8. The molecule has 0 spiro atoms. The van der Waals surface area contributed by atoms with E-state index in [2.05, 4.69) is 10.4 Å². The van der Waals surface area contributed by atoms with Crippen LogP contribution >= 0.6 is 0 Å². The number of hydrogen-bond donors (Lipinski definition) is 2. The first kappa shape index (κ1) is 23.5. The summed E-state index contributed by atoms with van der Waals surface area (Å²) in [5.74, 6) is -1.72. The Morgan fingerprint density at radius 2 is 1.73 bits per heavy atom. The molecule has 3 rings (SSSR count). The van der Waals surface area contributed by atoms with E-state index in [1.54, 1.807) is 0 Å². The molecule has 0 aliphatic rings. The third kappa shape index (κ3) is 4.86. The molecule has 1 aromatic heterocycles. The first-order chi connectivity index (χ1) is 15.4. The highest BCUT2D eigenvalue weighted by Crippen LogP contribution is 2.30. The second-order valence-electron chi connectivity index (χ2n) is 7.33. The predicted octanol–water partition coefficient (Wildman–Crippen LogP) is 3.22. The quantitative estimate of drug-likeness (QED) is 0.582. The van der Waals surface area contributed by atoms with Gasteiger partial charge in [0.15, 0.2) is 11.4 Å². The van der Waals surface area contributed by atoms with E-state index in [4.69, 9.17) is 0 Å². The molecule has 0 aliphatic carbocycles. The van der Waals surface area contributed by atoms with Crippen LogP contribution in [0.5, 0.6) is 5.75 Å². The highest BCUT2D eigenvalue weighted by Gasteiger charge is 2.30. The van der Waals surface area contributed by atoms with E-state index in [-0.39, 0.29) is 28.2 Å². The number of para-hydroxylation sites is 1. The van der Waals surface area contributed by atoms with Crippen LogP contribution in [-0.2, 0) is 6.18 Å². The summed E-state index contributed by atoms with van der Waals surface area (Å²) in [6.07, 6.45) is -4.54. The van der Waals surface area contributed by atoms with Gasteiger partial charge in [0.2, 0.25) is 0 Å². The maximum atomic E-state index is 12.8. The Bertz CT molecular complexity index is 1280. The van der Waals surface area contributed by atoms with Crippen molar-refractivity contribution in [1.82, 2.24) is 14.7 Å². The number of halogens is 3. The van der Waals surface area contributed by atoms with Gasteiger partial charge in [0, 0.05) is 20.2 Å². The number of nitrogens with zero attached hydrogens (tertiary/aromatic N) is 3. The topological polar surface area (TPSA) is 105 Å². The molecule has 2 amide bonds. The molecule has 8 nitrogen and oxygen atoms in total. The molecule has 3 aromatic rings. The molecule has 0 bridgehead atoms. The number of hydrogen-bond acceptors (Lipinski definition) is 5. The Hall–Kier alpha value is -4.15. The molecule has 11 heteroatoms. The summed E-state index contributed by atoms with van der Waals surface area (Å²) in [7, 11) is 3.01. The monoisotopic (exact) mass is 460 g/mol. The molecule has 172 valence electrons. The molecule has 0 unspecified atom stereocenters. The fourth-order valence-electron chi connectivity index (χ4n) is 2.98. The number of anilines is 1. The van der Waals surface area contributed by atoms with Gasteiger partial charge in [-0.05, 0) is 48.9 Å². The van der Waals surface area contributed by atoms with Gasteiger partial charge in [0.25, 0.3) is 17.4 Å². The highest BCUT2D eigenvalue weighted by atomic mass is 19.4. The van der Waals surface area contributed by atoms with Gasteiger partial charge in [-0.15, -0.1) is 0 Å². The average Bonchev–Trinajstić information content (AvgIpc) is 2.74. The van der Waals surface area contributed by atoms with Crippen molar-refractivity contribution in [2.75, 3.05) is 19.4 Å². The lowest BCUT2D eigenvalue weighted by atomic mass is 10.1. The molecule has 0 aliphatic heterocycles. The number of nitrogens with one attached hydrogen (secondary N) is 1. The number of aromatic nitrogens is 2. The minimum absolute atomic E-state index is 0.0304. The van der Waals surface area contributed by atoms with E-state index in [9.17, 15) is 32.7 Å². The zero-order chi connectivity index (χ0) is 24.5. The second kappa shape index (κ2) is 8.77. The van der Waals surface area contributed by atoms with Gasteiger partial charge < -0.3 is 15.3 Å². The number of aryl methyl sites for hydroxylation is 1. The molecule has 0 radical (unpaired) electrons. The van der Waals surface area contributed by atoms with Crippen LogP contribution in [0.2, 0.25) is 0 Å². The number of carbonyl (C=O) groups excluding carboxylic acids is 2. The van der Waals surface area contributed by atoms with Crippen LogP contribution in [0.15, 0.2) is 53.3 Å². The van der Waals surface area contributed by atoms with E-state index in [1.165, 1.54) is 44.1 Å². The van der Waals surface area contributed by atoms with E-state index < -0.39 is 34.9 Å². The van der Waals surface area contributed by atoms with Gasteiger partial charge >= 0.3 is 6.18 Å². The van der Waals surface area contributed by atoms with E-state index in [0.717, 1.165) is 35.0 Å². The standard InChI is InChI=1S/C22H19F3N4O4/c1-12-11-17(30)29(14-9-7-13(8-10-14)22(23,24)25)27-18(12)20(32)26-16-6-4-5-15(19(16)31)21(33)28(2)3/h4-11,31H,1-3H3,(H,26,32). The van der Waals surface area contributed by atoms with Crippen LogP contribution in [0.4, 0.5) is 18.9 Å². The van der Waals surface area contributed by atoms with Crippen molar-refractivity contribution in [2.45, 2.75) is 13.1 Å². The van der Waals surface area contributed by atoms with Crippen molar-refractivity contribution in [3.05, 3.63) is 81.3 Å². The molecular formula is C22H19F3N4O4. The number of amides is 2. The van der Waals surface area contributed by atoms with Crippen LogP contribution in [0, 0.1) is 6.92 Å². The van der Waals surface area contributed by atoms with Crippen LogP contribution < -0.4 is 10.9 Å². The maximum Gasteiger partial charge on any atom is 0.416 e. The van der Waals surface area contributed by atoms with Gasteiger partial charge in [0.05, 0.1) is 22.5 Å². The lowest BCUT2D eigenvalue weighted by molar-refractivity contribution is -0.137. The Labute approximate surface area is 185 Å². The lowest BCUT2D eigenvalue weighted by Gasteiger charge is -2.15. The van der Waals surface area contributed by atoms with Crippen LogP contribution in [-0.4, -0.2) is 45.7 Å². The molecule has 0 fully saturated rings. The molecule has 2 N–H and O–H groups in total. The molecule has 2 aromatic carbocycles. The zero-order valence-corrected chi connectivity index (χ0v) is 17.8. The second-order valence-corrected chi connectivity index (χ2v) is 7.33. The predicted molar refractivity (Wildman–Crippen MR) is 114 cm³/mol. The van der Waals surface area contributed by atoms with Crippen molar-refractivity contribution in [3.63, 3.8) is 0 Å². The van der Waals surface area contributed by atoms with Gasteiger partial charge in [-0.3, -0.25) is 14.4 Å². The van der Waals surface area contributed by atoms with Crippen LogP contribution in [0.1, 0.15) is 32.0 Å². The number of rotatable bonds is 4. The molecule has 33 heavy (non-hydrogen) atoms.